The number of nitrogens with zero attached hydrogens (tertiary/aromatic N) is 2. The SMILES string of the molecule is CO[C@H](C(=O)N/N=C\c1cc(C)n(-c2cccc(C)c2)c1C)c1ccccc1. The van der Waals surface area contributed by atoms with Crippen LogP contribution in [0.25, 0.3) is 5.69 Å². The Kier molecular flexibility index (Phi) is 6.06. The molecule has 0 aliphatic rings. The lowest BCUT2D eigenvalue weighted by atomic mass is 10.1. The maximum Gasteiger partial charge on any atom is 0.273 e. The third-order valence-corrected chi connectivity index (χ3v) is 4.68. The van der Waals surface area contributed by atoms with Crippen LogP contribution in [0.15, 0.2) is 65.8 Å². The Balaban J connectivity index is 1.76. The lowest BCUT2D eigenvalue weighted by molar-refractivity contribution is -0.131. The van der Waals surface area contributed by atoms with Crippen LogP contribution in [0.4, 0.5) is 0 Å². The number of amides is 1. The molecular weight excluding hydrogens is 350 g/mol. The van der Waals surface area contributed by atoms with Crippen molar-refractivity contribution >= 4 is 12.1 Å². The van der Waals surface area contributed by atoms with Gasteiger partial charge in [-0.05, 0) is 50.1 Å². The Bertz CT molecular complexity index is 990. The zero-order chi connectivity index (χ0) is 20.1. The zero-order valence-electron chi connectivity index (χ0n) is 16.6. The highest BCUT2D eigenvalue weighted by Gasteiger charge is 2.19. The number of hydrazone groups is 1. The van der Waals surface area contributed by atoms with Gasteiger partial charge >= 0.3 is 0 Å². The topological polar surface area (TPSA) is 55.6 Å². The summed E-state index contributed by atoms with van der Waals surface area (Å²) in [6, 6.07) is 19.8. The summed E-state index contributed by atoms with van der Waals surface area (Å²) in [5.74, 6) is -0.308. The maximum atomic E-state index is 12.4. The van der Waals surface area contributed by atoms with Crippen molar-refractivity contribution in [2.24, 2.45) is 5.10 Å². The Labute approximate surface area is 165 Å². The van der Waals surface area contributed by atoms with Gasteiger partial charge in [-0.3, -0.25) is 4.79 Å². The van der Waals surface area contributed by atoms with Gasteiger partial charge < -0.3 is 9.30 Å². The molecule has 1 aromatic heterocycles. The summed E-state index contributed by atoms with van der Waals surface area (Å²) < 4.78 is 7.51. The zero-order valence-corrected chi connectivity index (χ0v) is 16.6. The van der Waals surface area contributed by atoms with E-state index in [-0.39, 0.29) is 5.91 Å². The van der Waals surface area contributed by atoms with Crippen LogP contribution in [0.5, 0.6) is 0 Å². The second-order valence-corrected chi connectivity index (χ2v) is 6.76. The van der Waals surface area contributed by atoms with Crippen LogP contribution in [-0.2, 0) is 9.53 Å². The predicted molar refractivity (Wildman–Crippen MR) is 112 cm³/mol. The number of aromatic nitrogens is 1. The van der Waals surface area contributed by atoms with Crippen LogP contribution in [-0.4, -0.2) is 23.8 Å². The number of aryl methyl sites for hydroxylation is 2. The second-order valence-electron chi connectivity index (χ2n) is 6.76. The van der Waals surface area contributed by atoms with E-state index in [1.165, 1.54) is 12.7 Å². The third-order valence-electron chi connectivity index (χ3n) is 4.68. The van der Waals surface area contributed by atoms with Gasteiger partial charge in [0.25, 0.3) is 5.91 Å². The highest BCUT2D eigenvalue weighted by atomic mass is 16.5. The van der Waals surface area contributed by atoms with Crippen molar-refractivity contribution < 1.29 is 9.53 Å². The normalized spacial score (nSPS) is 12.3. The number of benzene rings is 2. The molecule has 1 amide bonds. The van der Waals surface area contributed by atoms with Crippen LogP contribution >= 0.6 is 0 Å². The van der Waals surface area contributed by atoms with Gasteiger partial charge in [0.1, 0.15) is 0 Å². The number of rotatable bonds is 6. The molecule has 1 heterocycles. The molecule has 5 nitrogen and oxygen atoms in total. The average Bonchev–Trinajstić information content (AvgIpc) is 2.96. The molecule has 0 radical (unpaired) electrons. The van der Waals surface area contributed by atoms with E-state index < -0.39 is 6.10 Å². The van der Waals surface area contributed by atoms with Gasteiger partial charge in [-0.2, -0.15) is 5.10 Å². The molecule has 2 aromatic carbocycles. The van der Waals surface area contributed by atoms with Crippen molar-refractivity contribution in [3.05, 3.63) is 88.7 Å². The first kappa shape index (κ1) is 19.6. The van der Waals surface area contributed by atoms with E-state index in [1.807, 2.05) is 43.3 Å². The standard InChI is InChI=1S/C23H25N3O2/c1-16-9-8-12-21(13-16)26-17(2)14-20(18(26)3)15-24-25-23(27)22(28-4)19-10-6-5-7-11-19/h5-15,22H,1-4H3,(H,25,27)/b24-15-/t22-/m0/s1. The number of nitrogens with one attached hydrogen (secondary N) is 1. The van der Waals surface area contributed by atoms with Gasteiger partial charge in [-0.25, -0.2) is 5.43 Å². The van der Waals surface area contributed by atoms with Crippen molar-refractivity contribution in [1.29, 1.82) is 0 Å². The molecule has 1 N–H and O–H groups in total. The van der Waals surface area contributed by atoms with Crippen molar-refractivity contribution in [3.63, 3.8) is 0 Å². The van der Waals surface area contributed by atoms with Crippen LogP contribution < -0.4 is 5.43 Å². The molecule has 0 bridgehead atoms. The minimum Gasteiger partial charge on any atom is -0.367 e. The molecule has 1 atom stereocenters. The first-order valence-electron chi connectivity index (χ1n) is 9.18. The van der Waals surface area contributed by atoms with E-state index in [0.29, 0.717) is 0 Å². The molecule has 3 rings (SSSR count). The van der Waals surface area contributed by atoms with Crippen molar-refractivity contribution in [2.45, 2.75) is 26.9 Å². The van der Waals surface area contributed by atoms with Gasteiger partial charge in [0.05, 0.1) is 6.21 Å². The van der Waals surface area contributed by atoms with E-state index in [4.69, 9.17) is 4.74 Å². The first-order chi connectivity index (χ1) is 13.5. The molecule has 144 valence electrons. The van der Waals surface area contributed by atoms with E-state index in [9.17, 15) is 4.79 Å². The summed E-state index contributed by atoms with van der Waals surface area (Å²) in [6.07, 6.45) is 0.975. The first-order valence-corrected chi connectivity index (χ1v) is 9.18. The van der Waals surface area contributed by atoms with Gasteiger partial charge in [0.2, 0.25) is 0 Å². The molecule has 0 saturated heterocycles. The average molecular weight is 375 g/mol. The van der Waals surface area contributed by atoms with Crippen LogP contribution in [0.3, 0.4) is 0 Å². The molecule has 0 saturated carbocycles. The molecule has 0 fully saturated rings. The molecular formula is C23H25N3O2. The summed E-state index contributed by atoms with van der Waals surface area (Å²) >= 11 is 0. The Morgan fingerprint density at radius 1 is 1.07 bits per heavy atom. The largest absolute Gasteiger partial charge is 0.367 e. The van der Waals surface area contributed by atoms with Gasteiger partial charge in [-0.15, -0.1) is 0 Å². The van der Waals surface area contributed by atoms with E-state index >= 15 is 0 Å². The quantitative estimate of drug-likeness (QED) is 0.517. The molecule has 5 heteroatoms. The van der Waals surface area contributed by atoms with E-state index in [2.05, 4.69) is 53.2 Å². The van der Waals surface area contributed by atoms with Crippen molar-refractivity contribution in [3.8, 4) is 5.69 Å². The number of carbonyl (C=O) groups excluding carboxylic acids is 1. The summed E-state index contributed by atoms with van der Waals surface area (Å²) in [4.78, 5) is 12.4. The molecule has 3 aromatic rings. The lowest BCUT2D eigenvalue weighted by Gasteiger charge is -2.13. The van der Waals surface area contributed by atoms with Crippen LogP contribution in [0.1, 0.15) is 34.2 Å². The Hall–Kier alpha value is -3.18. The summed E-state index contributed by atoms with van der Waals surface area (Å²) in [5.41, 5.74) is 8.81. The molecule has 0 aliphatic carbocycles. The summed E-state index contributed by atoms with van der Waals surface area (Å²) in [5, 5.41) is 4.14. The fourth-order valence-electron chi connectivity index (χ4n) is 3.33. The van der Waals surface area contributed by atoms with E-state index in [0.717, 1.165) is 28.2 Å². The lowest BCUT2D eigenvalue weighted by Crippen LogP contribution is -2.26. The van der Waals surface area contributed by atoms with Crippen molar-refractivity contribution in [2.75, 3.05) is 7.11 Å². The fourth-order valence-corrected chi connectivity index (χ4v) is 3.33. The second kappa shape index (κ2) is 8.67. The van der Waals surface area contributed by atoms with Gasteiger partial charge in [0, 0.05) is 29.7 Å². The van der Waals surface area contributed by atoms with Crippen LogP contribution in [0, 0.1) is 20.8 Å². The monoisotopic (exact) mass is 375 g/mol. The number of hydrogen-bond acceptors (Lipinski definition) is 3. The number of ether oxygens (including phenoxy) is 1. The molecule has 0 unspecified atom stereocenters. The third kappa shape index (κ3) is 4.21. The summed E-state index contributed by atoms with van der Waals surface area (Å²) in [6.45, 7) is 6.18. The Morgan fingerprint density at radius 3 is 2.50 bits per heavy atom. The smallest absolute Gasteiger partial charge is 0.273 e. The fraction of sp³-hybridized carbons (Fsp3) is 0.217. The molecule has 28 heavy (non-hydrogen) atoms. The van der Waals surface area contributed by atoms with Gasteiger partial charge in [0.15, 0.2) is 6.10 Å². The number of carbonyl (C=O) groups is 1. The number of hydrogen-bond donors (Lipinski definition) is 1. The highest BCUT2D eigenvalue weighted by molar-refractivity contribution is 5.86. The van der Waals surface area contributed by atoms with E-state index in [1.54, 1.807) is 6.21 Å². The predicted octanol–water partition coefficient (Wildman–Crippen LogP) is 4.24. The Morgan fingerprint density at radius 2 is 1.82 bits per heavy atom. The highest BCUT2D eigenvalue weighted by Crippen LogP contribution is 2.20. The molecule has 0 aliphatic heterocycles. The maximum absolute atomic E-state index is 12.4. The minimum atomic E-state index is -0.696. The molecule has 0 spiro atoms. The summed E-state index contributed by atoms with van der Waals surface area (Å²) in [7, 11) is 1.51. The van der Waals surface area contributed by atoms with Crippen LogP contribution in [0.2, 0.25) is 0 Å². The van der Waals surface area contributed by atoms with Gasteiger partial charge in [-0.1, -0.05) is 42.5 Å². The number of methoxy groups -OCH3 is 1. The van der Waals surface area contributed by atoms with Crippen molar-refractivity contribution in [1.82, 2.24) is 9.99 Å². The minimum absolute atomic E-state index is 0.308.